The number of nitrogens with two attached hydrogens (primary N) is 1. The van der Waals surface area contributed by atoms with E-state index in [9.17, 15) is 4.39 Å². The fourth-order valence-electron chi connectivity index (χ4n) is 2.31. The van der Waals surface area contributed by atoms with Gasteiger partial charge in [-0.2, -0.15) is 0 Å². The molecule has 90 valence electrons. The zero-order valence-electron chi connectivity index (χ0n) is 8.96. The molecule has 0 amide bonds. The van der Waals surface area contributed by atoms with Crippen LogP contribution < -0.4 is 5.73 Å². The van der Waals surface area contributed by atoms with E-state index in [4.69, 9.17) is 5.73 Å². The molecule has 1 aliphatic rings. The van der Waals surface area contributed by atoms with Gasteiger partial charge in [0, 0.05) is 6.04 Å². The maximum absolute atomic E-state index is 13.1. The van der Waals surface area contributed by atoms with Gasteiger partial charge in [0.15, 0.2) is 0 Å². The molecule has 16 heavy (non-hydrogen) atoms. The third-order valence-electron chi connectivity index (χ3n) is 3.24. The Morgan fingerprint density at radius 1 is 1.31 bits per heavy atom. The third-order valence-corrected chi connectivity index (χ3v) is 3.84. The lowest BCUT2D eigenvalue weighted by Crippen LogP contribution is -2.19. The number of hydrogen-bond acceptors (Lipinski definition) is 1. The minimum atomic E-state index is -0.225. The number of hydrogen-bond donors (Lipinski definition) is 1. The van der Waals surface area contributed by atoms with Crippen LogP contribution in [0.2, 0.25) is 0 Å². The van der Waals surface area contributed by atoms with Crippen LogP contribution >= 0.6 is 28.3 Å². The van der Waals surface area contributed by atoms with E-state index in [0.717, 1.165) is 5.56 Å². The maximum Gasteiger partial charge on any atom is 0.137 e. The molecule has 0 bridgehead atoms. The first-order valence-electron chi connectivity index (χ1n) is 5.39. The summed E-state index contributed by atoms with van der Waals surface area (Å²) in [4.78, 5) is 0. The van der Waals surface area contributed by atoms with Crippen molar-refractivity contribution in [3.05, 3.63) is 34.1 Å². The van der Waals surface area contributed by atoms with Gasteiger partial charge in [0.05, 0.1) is 4.47 Å². The van der Waals surface area contributed by atoms with Crippen LogP contribution in [0.3, 0.4) is 0 Å². The normalized spacial score (nSPS) is 18.2. The molecule has 4 heteroatoms. The highest BCUT2D eigenvalue weighted by atomic mass is 79.9. The molecule has 2 N–H and O–H groups in total. The Bertz CT molecular complexity index is 353. The Labute approximate surface area is 110 Å². The molecule has 0 aliphatic heterocycles. The molecule has 1 aliphatic carbocycles. The predicted molar refractivity (Wildman–Crippen MR) is 70.2 cm³/mol. The van der Waals surface area contributed by atoms with E-state index < -0.39 is 0 Å². The van der Waals surface area contributed by atoms with Crippen molar-refractivity contribution >= 4 is 28.3 Å². The molecular weight excluding hydrogens is 292 g/mol. The van der Waals surface area contributed by atoms with Crippen LogP contribution in [0, 0.1) is 11.7 Å². The minimum absolute atomic E-state index is 0. The Hall–Kier alpha value is -0.120. The molecule has 1 aromatic rings. The first-order valence-corrected chi connectivity index (χ1v) is 6.18. The first kappa shape index (κ1) is 13.9. The Kier molecular flexibility index (Phi) is 5.22. The second kappa shape index (κ2) is 5.99. The van der Waals surface area contributed by atoms with Crippen LogP contribution in [0.5, 0.6) is 0 Å². The Balaban J connectivity index is 0.00000128. The molecule has 0 heterocycles. The lowest BCUT2D eigenvalue weighted by Gasteiger charge is -2.19. The fourth-order valence-corrected chi connectivity index (χ4v) is 2.70. The van der Waals surface area contributed by atoms with Gasteiger partial charge in [0.2, 0.25) is 0 Å². The molecule has 0 spiro atoms. The summed E-state index contributed by atoms with van der Waals surface area (Å²) >= 11 is 3.19. The highest BCUT2D eigenvalue weighted by Crippen LogP contribution is 2.35. The first-order chi connectivity index (χ1) is 7.18. The van der Waals surface area contributed by atoms with E-state index in [1.165, 1.54) is 31.7 Å². The summed E-state index contributed by atoms with van der Waals surface area (Å²) in [5, 5.41) is 0. The molecule has 1 nitrogen and oxygen atoms in total. The molecule has 2 rings (SSSR count). The van der Waals surface area contributed by atoms with E-state index in [2.05, 4.69) is 15.9 Å². The van der Waals surface area contributed by atoms with Crippen LogP contribution in [-0.2, 0) is 0 Å². The third kappa shape index (κ3) is 2.96. The van der Waals surface area contributed by atoms with Crippen molar-refractivity contribution in [3.63, 3.8) is 0 Å². The van der Waals surface area contributed by atoms with Crippen LogP contribution in [0.25, 0.3) is 0 Å². The standard InChI is InChI=1S/C12H15BrFN.ClH/c13-10-7-9(5-6-11(10)14)12(15)8-3-1-2-4-8;/h5-8,12H,1-4,15H2;1H/t12-;/m0./s1. The molecule has 0 unspecified atom stereocenters. The SMILES string of the molecule is Cl.N[C@H](c1ccc(F)c(Br)c1)C1CCCC1. The van der Waals surface area contributed by atoms with Gasteiger partial charge in [-0.3, -0.25) is 0 Å². The van der Waals surface area contributed by atoms with E-state index in [0.29, 0.717) is 10.4 Å². The van der Waals surface area contributed by atoms with Crippen molar-refractivity contribution < 1.29 is 4.39 Å². The topological polar surface area (TPSA) is 26.0 Å². The van der Waals surface area contributed by atoms with Crippen molar-refractivity contribution in [2.24, 2.45) is 11.7 Å². The van der Waals surface area contributed by atoms with E-state index in [1.54, 1.807) is 12.1 Å². The van der Waals surface area contributed by atoms with Gasteiger partial charge in [0.25, 0.3) is 0 Å². The summed E-state index contributed by atoms with van der Waals surface area (Å²) in [6, 6.07) is 5.14. The van der Waals surface area contributed by atoms with Crippen molar-refractivity contribution in [1.82, 2.24) is 0 Å². The Morgan fingerprint density at radius 3 is 2.50 bits per heavy atom. The van der Waals surface area contributed by atoms with E-state index >= 15 is 0 Å². The average Bonchev–Trinajstić information content (AvgIpc) is 2.74. The van der Waals surface area contributed by atoms with Crippen molar-refractivity contribution in [2.45, 2.75) is 31.7 Å². The van der Waals surface area contributed by atoms with E-state index in [-0.39, 0.29) is 24.3 Å². The Morgan fingerprint density at radius 2 is 1.94 bits per heavy atom. The molecule has 1 saturated carbocycles. The molecule has 0 radical (unpaired) electrons. The predicted octanol–water partition coefficient (Wildman–Crippen LogP) is 4.20. The summed E-state index contributed by atoms with van der Waals surface area (Å²) in [5.74, 6) is 0.347. The summed E-state index contributed by atoms with van der Waals surface area (Å²) in [6.45, 7) is 0. The molecular formula is C12H16BrClFN. The summed E-state index contributed by atoms with van der Waals surface area (Å²) in [7, 11) is 0. The zero-order valence-corrected chi connectivity index (χ0v) is 11.4. The number of halogens is 3. The minimum Gasteiger partial charge on any atom is -0.324 e. The van der Waals surface area contributed by atoms with Crippen LogP contribution in [0.15, 0.2) is 22.7 Å². The largest absolute Gasteiger partial charge is 0.324 e. The zero-order chi connectivity index (χ0) is 10.8. The van der Waals surface area contributed by atoms with Crippen molar-refractivity contribution in [3.8, 4) is 0 Å². The van der Waals surface area contributed by atoms with Crippen LogP contribution in [-0.4, -0.2) is 0 Å². The highest BCUT2D eigenvalue weighted by Gasteiger charge is 2.23. The smallest absolute Gasteiger partial charge is 0.137 e. The number of rotatable bonds is 2. The second-order valence-corrected chi connectivity index (χ2v) is 5.10. The fraction of sp³-hybridized carbons (Fsp3) is 0.500. The van der Waals surface area contributed by atoms with Gasteiger partial charge in [0.1, 0.15) is 5.82 Å². The summed E-state index contributed by atoms with van der Waals surface area (Å²) < 4.78 is 13.6. The van der Waals surface area contributed by atoms with Gasteiger partial charge in [-0.15, -0.1) is 12.4 Å². The summed E-state index contributed by atoms with van der Waals surface area (Å²) in [6.07, 6.45) is 4.97. The van der Waals surface area contributed by atoms with Gasteiger partial charge < -0.3 is 5.73 Å². The van der Waals surface area contributed by atoms with Gasteiger partial charge in [-0.25, -0.2) is 4.39 Å². The lowest BCUT2D eigenvalue weighted by molar-refractivity contribution is 0.444. The quantitative estimate of drug-likeness (QED) is 0.870. The highest BCUT2D eigenvalue weighted by molar-refractivity contribution is 9.10. The maximum atomic E-state index is 13.1. The monoisotopic (exact) mass is 307 g/mol. The van der Waals surface area contributed by atoms with Crippen LogP contribution in [0.1, 0.15) is 37.3 Å². The van der Waals surface area contributed by atoms with E-state index in [1.807, 2.05) is 0 Å². The van der Waals surface area contributed by atoms with Crippen LogP contribution in [0.4, 0.5) is 4.39 Å². The van der Waals surface area contributed by atoms with Gasteiger partial charge in [-0.05, 0) is 52.4 Å². The molecule has 1 fully saturated rings. The molecule has 1 atom stereocenters. The lowest BCUT2D eigenvalue weighted by atomic mass is 9.92. The number of benzene rings is 1. The average molecular weight is 309 g/mol. The van der Waals surface area contributed by atoms with Gasteiger partial charge >= 0.3 is 0 Å². The second-order valence-electron chi connectivity index (χ2n) is 4.24. The summed E-state index contributed by atoms with van der Waals surface area (Å²) in [5.41, 5.74) is 7.21. The molecule has 0 aromatic heterocycles. The molecule has 1 aromatic carbocycles. The van der Waals surface area contributed by atoms with Crippen molar-refractivity contribution in [1.29, 1.82) is 0 Å². The van der Waals surface area contributed by atoms with Gasteiger partial charge in [-0.1, -0.05) is 18.9 Å². The van der Waals surface area contributed by atoms with Crippen molar-refractivity contribution in [2.75, 3.05) is 0 Å². The molecule has 0 saturated heterocycles.